The second kappa shape index (κ2) is 43.0. The number of fused-ring (bicyclic) bond motifs is 2. The summed E-state index contributed by atoms with van der Waals surface area (Å²) in [4.78, 5) is 28.7. The molecule has 3 heterocycles. The Morgan fingerprint density at radius 3 is 1.45 bits per heavy atom. The molecule has 2 aliphatic rings. The van der Waals surface area contributed by atoms with Crippen LogP contribution in [0.3, 0.4) is 0 Å². The number of hydrogen-bond acceptors (Lipinski definition) is 9. The lowest BCUT2D eigenvalue weighted by Gasteiger charge is -2.18. The maximum atomic E-state index is 11.7. The highest BCUT2D eigenvalue weighted by Crippen LogP contribution is 2.39. The summed E-state index contributed by atoms with van der Waals surface area (Å²) in [6.45, 7) is 8.39. The summed E-state index contributed by atoms with van der Waals surface area (Å²) >= 11 is 0. The first-order chi connectivity index (χ1) is 44.9. The Labute approximate surface area is 554 Å². The lowest BCUT2D eigenvalue weighted by atomic mass is 10.0. The van der Waals surface area contributed by atoms with Crippen LogP contribution in [-0.2, 0) is 26.3 Å². The number of amides is 2. The summed E-state index contributed by atoms with van der Waals surface area (Å²) in [6, 6.07) is 38.3. The van der Waals surface area contributed by atoms with Crippen LogP contribution >= 0.6 is 0 Å². The first-order valence-corrected chi connectivity index (χ1v) is 36.8. The summed E-state index contributed by atoms with van der Waals surface area (Å²) in [5.41, 5.74) is 8.10. The van der Waals surface area contributed by atoms with Gasteiger partial charge in [0, 0.05) is 51.0 Å². The number of anilines is 3. The van der Waals surface area contributed by atoms with E-state index in [1.54, 1.807) is 24.3 Å². The topological polar surface area (TPSA) is 127 Å². The Bertz CT molecular complexity index is 3270. The molecule has 0 atom stereocenters. The molecule has 0 radical (unpaired) electrons. The number of hydrogen-bond donors (Lipinski definition) is 0. The van der Waals surface area contributed by atoms with Crippen molar-refractivity contribution in [3.05, 3.63) is 174 Å². The van der Waals surface area contributed by atoms with E-state index in [-0.39, 0.29) is 16.7 Å². The van der Waals surface area contributed by atoms with Crippen molar-refractivity contribution in [1.29, 1.82) is 0 Å². The first-order valence-electron chi connectivity index (χ1n) is 35.3. The summed E-state index contributed by atoms with van der Waals surface area (Å²) in [6.07, 6.45) is 57.5. The van der Waals surface area contributed by atoms with Gasteiger partial charge in [0.15, 0.2) is 12.3 Å². The number of oxazole rings is 1. The number of nitrogens with zero attached hydrogens (tertiary/aromatic N) is 4. The van der Waals surface area contributed by atoms with Crippen LogP contribution in [0.4, 0.5) is 17.1 Å². The molecule has 11 nitrogen and oxygen atoms in total. The molecule has 92 heavy (non-hydrogen) atoms. The molecule has 6 aromatic rings. The Hall–Kier alpha value is -7.02. The van der Waals surface area contributed by atoms with Crippen molar-refractivity contribution in [3.8, 4) is 5.75 Å². The summed E-state index contributed by atoms with van der Waals surface area (Å²) in [5.74, 6) is 2.17. The minimum Gasteiger partial charge on any atom is -0.744 e. The molecule has 0 spiro atoms. The van der Waals surface area contributed by atoms with Gasteiger partial charge in [0.05, 0.1) is 22.3 Å². The third kappa shape index (κ3) is 27.3. The second-order valence-electron chi connectivity index (χ2n) is 25.3. The standard InChI is InChI=1S/C53H85N2O2.C20H18N2O2.C7H8O3S/c1-3-5-7-9-11-13-15-17-19-21-23-25-27-29-31-37-46-54-48-40-33-35-42-50(48)56-52(54)44-39-45-53-55(49-41-34-36-43-51(49)57-53)47-38-32-30-28-26-24-22-20-18-16-14-12-10-8-6-4-2;1-21(2)17-9-5-15(6-10-17)3-4-16-7-11-18(12-8-16)22-19(23)13-14-20(22)24;1-6-2-4-7(5-3-6)11(8,9)10/h33-36,39-45H,3-32,37-38,46-47H2,1-2H3;3-14H,1-2H3;2-5H,1H3,(H,8,9,10)/q+1;;/p-1. The fraction of sp³-hybridized carbons (Fsp3) is 0.487. The van der Waals surface area contributed by atoms with E-state index in [1.165, 1.54) is 241 Å². The zero-order valence-electron chi connectivity index (χ0n) is 56.7. The predicted molar refractivity (Wildman–Crippen MR) is 384 cm³/mol. The average Bonchev–Trinajstić information content (AvgIpc) is 2.03. The van der Waals surface area contributed by atoms with Gasteiger partial charge in [0.1, 0.15) is 10.1 Å². The van der Waals surface area contributed by atoms with E-state index in [0.717, 1.165) is 63.5 Å². The Balaban J connectivity index is 0.000000309. The molecule has 0 N–H and O–H groups in total. The zero-order valence-corrected chi connectivity index (χ0v) is 57.5. The average molecular weight is 1270 g/mol. The highest BCUT2D eigenvalue weighted by Gasteiger charge is 2.26. The number of rotatable bonds is 41. The number of aromatic nitrogens is 1. The van der Waals surface area contributed by atoms with Crippen molar-refractivity contribution in [2.24, 2.45) is 0 Å². The van der Waals surface area contributed by atoms with Crippen LogP contribution in [0.2, 0.25) is 0 Å². The van der Waals surface area contributed by atoms with Crippen LogP contribution in [0.25, 0.3) is 29.3 Å². The van der Waals surface area contributed by atoms with Gasteiger partial charge < -0.3 is 23.5 Å². The summed E-state index contributed by atoms with van der Waals surface area (Å²) < 4.78 is 46.3. The molecule has 2 aliphatic heterocycles. The Morgan fingerprint density at radius 2 is 0.957 bits per heavy atom. The van der Waals surface area contributed by atoms with Crippen LogP contribution < -0.4 is 24.0 Å². The van der Waals surface area contributed by atoms with Crippen molar-refractivity contribution < 1.29 is 36.3 Å². The molecule has 0 saturated carbocycles. The van der Waals surface area contributed by atoms with Gasteiger partial charge in [-0.1, -0.05) is 278 Å². The normalized spacial score (nSPS) is 13.3. The molecule has 0 aliphatic carbocycles. The minimum absolute atomic E-state index is 0.178. The predicted octanol–water partition coefficient (Wildman–Crippen LogP) is 21.2. The van der Waals surface area contributed by atoms with Crippen LogP contribution in [-0.4, -0.2) is 45.4 Å². The van der Waals surface area contributed by atoms with E-state index in [2.05, 4.69) is 119 Å². The number of aryl methyl sites for hydroxylation is 2. The molecule has 2 amide bonds. The van der Waals surface area contributed by atoms with Gasteiger partial charge in [-0.2, -0.15) is 4.57 Å². The number of para-hydroxylation sites is 4. The molecule has 8 rings (SSSR count). The minimum atomic E-state index is -4.27. The monoisotopic (exact) mass is 1270 g/mol. The quantitative estimate of drug-likeness (QED) is 0.0121. The van der Waals surface area contributed by atoms with Crippen LogP contribution in [0.15, 0.2) is 161 Å². The van der Waals surface area contributed by atoms with Crippen molar-refractivity contribution in [1.82, 2.24) is 0 Å². The maximum Gasteiger partial charge on any atom is 0.374 e. The van der Waals surface area contributed by atoms with E-state index >= 15 is 0 Å². The van der Waals surface area contributed by atoms with Gasteiger partial charge >= 0.3 is 5.89 Å². The highest BCUT2D eigenvalue weighted by molar-refractivity contribution is 7.85. The molecular weight excluding hydrogens is 1160 g/mol. The number of ether oxygens (including phenoxy) is 1. The molecule has 498 valence electrons. The molecule has 0 unspecified atom stereocenters. The van der Waals surface area contributed by atoms with E-state index in [0.29, 0.717) is 5.69 Å². The summed E-state index contributed by atoms with van der Waals surface area (Å²) in [7, 11) is -0.246. The number of imide groups is 1. The van der Waals surface area contributed by atoms with Crippen LogP contribution in [0.5, 0.6) is 5.75 Å². The van der Waals surface area contributed by atoms with Crippen molar-refractivity contribution in [2.45, 2.75) is 238 Å². The van der Waals surface area contributed by atoms with Crippen molar-refractivity contribution in [2.75, 3.05) is 35.3 Å². The van der Waals surface area contributed by atoms with Gasteiger partial charge in [-0.3, -0.25) is 9.59 Å². The lowest BCUT2D eigenvalue weighted by molar-refractivity contribution is -0.678. The van der Waals surface area contributed by atoms with Crippen LogP contribution in [0, 0.1) is 6.92 Å². The fourth-order valence-corrected chi connectivity index (χ4v) is 12.3. The highest BCUT2D eigenvalue weighted by atomic mass is 32.2. The van der Waals surface area contributed by atoms with E-state index in [1.807, 2.05) is 45.3 Å². The van der Waals surface area contributed by atoms with E-state index in [9.17, 15) is 22.6 Å². The van der Waals surface area contributed by atoms with Gasteiger partial charge in [-0.05, 0) is 97.6 Å². The third-order valence-electron chi connectivity index (χ3n) is 17.4. The lowest BCUT2D eigenvalue weighted by Crippen LogP contribution is -2.35. The Kier molecular flexibility index (Phi) is 34.6. The second-order valence-corrected chi connectivity index (χ2v) is 26.7. The largest absolute Gasteiger partial charge is 0.744 e. The molecule has 5 aromatic carbocycles. The van der Waals surface area contributed by atoms with Gasteiger partial charge in [0.25, 0.3) is 17.3 Å². The Morgan fingerprint density at radius 1 is 0.511 bits per heavy atom. The number of carbonyl (C=O) groups is 2. The SMILES string of the molecule is CCCCCCCCCCCCCCCCCCN1C(=CC=Cc2oc3ccccc3[n+]2CCCCCCCCCCCCCCCCCC)Oc2ccccc21.CN(C)c1ccc(C=Cc2ccc(N3C(=O)C=CC3=O)cc2)cc1.Cc1ccc(S(=O)(=O)[O-])cc1. The number of carbonyl (C=O) groups excluding carboxylic acids is 2. The maximum absolute atomic E-state index is 11.7. The molecule has 0 fully saturated rings. The summed E-state index contributed by atoms with van der Waals surface area (Å²) in [5, 5.41) is 0. The fourth-order valence-electron chi connectivity index (χ4n) is 11.8. The van der Waals surface area contributed by atoms with Gasteiger partial charge in [-0.25, -0.2) is 13.3 Å². The molecule has 0 bridgehead atoms. The van der Waals surface area contributed by atoms with Crippen LogP contribution in [0.1, 0.15) is 242 Å². The molecule has 12 heteroatoms. The number of allylic oxidation sites excluding steroid dienone is 2. The van der Waals surface area contributed by atoms with Crippen molar-refractivity contribution >= 4 is 68.3 Å². The molecular formula is C80H110N4O7S. The smallest absolute Gasteiger partial charge is 0.374 e. The molecule has 1 aromatic heterocycles. The van der Waals surface area contributed by atoms with Crippen molar-refractivity contribution in [3.63, 3.8) is 0 Å². The molecule has 0 saturated heterocycles. The number of benzene rings is 5. The first kappa shape index (κ1) is 74.0. The zero-order chi connectivity index (χ0) is 65.4. The van der Waals surface area contributed by atoms with Gasteiger partial charge in [-0.15, -0.1) is 0 Å². The van der Waals surface area contributed by atoms with E-state index < -0.39 is 10.1 Å². The van der Waals surface area contributed by atoms with Gasteiger partial charge in [0.2, 0.25) is 11.5 Å². The van der Waals surface area contributed by atoms with E-state index in [4.69, 9.17) is 9.15 Å². The third-order valence-corrected chi connectivity index (χ3v) is 18.2. The number of unbranched alkanes of at least 4 members (excludes halogenated alkanes) is 30.